The standard InChI is InChI=1S/C19H19NO3/c1-14-8-10-15(11-9-14)23-13-5-4-12-20-17-7-3-2-6-16(17)18(21)19(20)22/h2-3,6-11H,4-5,12-13H2,1H3. The Labute approximate surface area is 135 Å². The van der Waals surface area contributed by atoms with Crippen LogP contribution in [-0.2, 0) is 4.79 Å². The molecule has 0 saturated heterocycles. The molecule has 0 aliphatic carbocycles. The molecule has 0 unspecified atom stereocenters. The zero-order valence-electron chi connectivity index (χ0n) is 13.1. The van der Waals surface area contributed by atoms with Gasteiger partial charge in [0.05, 0.1) is 17.9 Å². The Morgan fingerprint density at radius 1 is 0.957 bits per heavy atom. The Balaban J connectivity index is 1.48. The zero-order valence-corrected chi connectivity index (χ0v) is 13.1. The van der Waals surface area contributed by atoms with Gasteiger partial charge in [0.15, 0.2) is 0 Å². The lowest BCUT2D eigenvalue weighted by atomic mass is 10.1. The molecule has 0 spiro atoms. The first-order chi connectivity index (χ1) is 11.2. The van der Waals surface area contributed by atoms with Gasteiger partial charge in [-0.15, -0.1) is 0 Å². The van der Waals surface area contributed by atoms with Gasteiger partial charge in [0.25, 0.3) is 11.7 Å². The van der Waals surface area contributed by atoms with E-state index in [-0.39, 0.29) is 0 Å². The summed E-state index contributed by atoms with van der Waals surface area (Å²) in [5.41, 5.74) is 2.43. The number of hydrogen-bond donors (Lipinski definition) is 0. The second-order valence-electron chi connectivity index (χ2n) is 5.67. The monoisotopic (exact) mass is 309 g/mol. The van der Waals surface area contributed by atoms with Gasteiger partial charge in [-0.25, -0.2) is 0 Å². The number of ketones is 1. The minimum Gasteiger partial charge on any atom is -0.494 e. The summed E-state index contributed by atoms with van der Waals surface area (Å²) >= 11 is 0. The molecule has 0 aromatic heterocycles. The van der Waals surface area contributed by atoms with Crippen LogP contribution in [0, 0.1) is 6.92 Å². The molecule has 23 heavy (non-hydrogen) atoms. The smallest absolute Gasteiger partial charge is 0.299 e. The summed E-state index contributed by atoms with van der Waals surface area (Å²) in [6, 6.07) is 15.1. The molecule has 0 N–H and O–H groups in total. The highest BCUT2D eigenvalue weighted by atomic mass is 16.5. The van der Waals surface area contributed by atoms with Crippen molar-refractivity contribution in [1.82, 2.24) is 0 Å². The molecule has 1 heterocycles. The molecule has 2 aromatic carbocycles. The highest BCUT2D eigenvalue weighted by Crippen LogP contribution is 2.28. The fraction of sp³-hybridized carbons (Fsp3) is 0.263. The van der Waals surface area contributed by atoms with Gasteiger partial charge in [-0.2, -0.15) is 0 Å². The van der Waals surface area contributed by atoms with Gasteiger partial charge < -0.3 is 9.64 Å². The van der Waals surface area contributed by atoms with Crippen LogP contribution in [0.3, 0.4) is 0 Å². The van der Waals surface area contributed by atoms with Crippen molar-refractivity contribution >= 4 is 17.4 Å². The molecule has 3 rings (SSSR count). The summed E-state index contributed by atoms with van der Waals surface area (Å²) in [7, 11) is 0. The van der Waals surface area contributed by atoms with Gasteiger partial charge in [-0.05, 0) is 44.0 Å². The Morgan fingerprint density at radius 2 is 1.70 bits per heavy atom. The number of amides is 1. The Morgan fingerprint density at radius 3 is 2.48 bits per heavy atom. The highest BCUT2D eigenvalue weighted by Gasteiger charge is 2.34. The van der Waals surface area contributed by atoms with Crippen molar-refractivity contribution in [2.45, 2.75) is 19.8 Å². The average molecular weight is 309 g/mol. The normalized spacial score (nSPS) is 13.3. The summed E-state index contributed by atoms with van der Waals surface area (Å²) in [4.78, 5) is 25.5. The quantitative estimate of drug-likeness (QED) is 0.607. The Hall–Kier alpha value is -2.62. The molecule has 0 radical (unpaired) electrons. The van der Waals surface area contributed by atoms with Crippen molar-refractivity contribution < 1.29 is 14.3 Å². The van der Waals surface area contributed by atoms with Gasteiger partial charge in [0.1, 0.15) is 5.75 Å². The number of fused-ring (bicyclic) bond motifs is 1. The number of nitrogens with zero attached hydrogens (tertiary/aromatic N) is 1. The van der Waals surface area contributed by atoms with E-state index in [9.17, 15) is 9.59 Å². The van der Waals surface area contributed by atoms with E-state index in [0.29, 0.717) is 18.7 Å². The van der Waals surface area contributed by atoms with Gasteiger partial charge in [0, 0.05) is 6.54 Å². The molecule has 1 aliphatic heterocycles. The molecule has 0 fully saturated rings. The number of unbranched alkanes of at least 4 members (excludes halogenated alkanes) is 1. The van der Waals surface area contributed by atoms with Crippen LogP contribution in [0.4, 0.5) is 5.69 Å². The topological polar surface area (TPSA) is 46.6 Å². The van der Waals surface area contributed by atoms with E-state index in [0.717, 1.165) is 24.3 Å². The second-order valence-corrected chi connectivity index (χ2v) is 5.67. The van der Waals surface area contributed by atoms with Crippen LogP contribution < -0.4 is 9.64 Å². The maximum atomic E-state index is 12.0. The third kappa shape index (κ3) is 3.26. The molecule has 0 bridgehead atoms. The summed E-state index contributed by atoms with van der Waals surface area (Å²) in [5.74, 6) is 0.0236. The molecule has 4 heteroatoms. The number of Topliss-reactive ketones (excluding diaryl/α,β-unsaturated/α-hetero) is 1. The van der Waals surface area contributed by atoms with E-state index in [1.54, 1.807) is 17.0 Å². The molecular weight excluding hydrogens is 290 g/mol. The summed E-state index contributed by atoms with van der Waals surface area (Å²) in [6.45, 7) is 3.18. The van der Waals surface area contributed by atoms with Crippen LogP contribution in [0.25, 0.3) is 0 Å². The number of anilines is 1. The number of hydrogen-bond acceptors (Lipinski definition) is 3. The van der Waals surface area contributed by atoms with Crippen molar-refractivity contribution in [2.75, 3.05) is 18.1 Å². The largest absolute Gasteiger partial charge is 0.494 e. The van der Waals surface area contributed by atoms with E-state index in [4.69, 9.17) is 4.74 Å². The Kier molecular flexibility index (Phi) is 4.42. The third-order valence-electron chi connectivity index (χ3n) is 3.94. The van der Waals surface area contributed by atoms with E-state index in [1.807, 2.05) is 43.3 Å². The lowest BCUT2D eigenvalue weighted by molar-refractivity contribution is -0.114. The first-order valence-electron chi connectivity index (χ1n) is 7.81. The zero-order chi connectivity index (χ0) is 16.2. The molecule has 0 saturated carbocycles. The van der Waals surface area contributed by atoms with Crippen molar-refractivity contribution in [2.24, 2.45) is 0 Å². The van der Waals surface area contributed by atoms with Crippen molar-refractivity contribution in [3.63, 3.8) is 0 Å². The number of carbonyl (C=O) groups excluding carboxylic acids is 2. The summed E-state index contributed by atoms with van der Waals surface area (Å²) in [5, 5.41) is 0. The average Bonchev–Trinajstić information content (AvgIpc) is 2.81. The maximum absolute atomic E-state index is 12.0. The van der Waals surface area contributed by atoms with Gasteiger partial charge in [-0.3, -0.25) is 9.59 Å². The summed E-state index contributed by atoms with van der Waals surface area (Å²) < 4.78 is 5.67. The van der Waals surface area contributed by atoms with Crippen molar-refractivity contribution in [3.8, 4) is 5.75 Å². The molecular formula is C19H19NO3. The van der Waals surface area contributed by atoms with Gasteiger partial charge in [0.2, 0.25) is 0 Å². The van der Waals surface area contributed by atoms with Gasteiger partial charge in [-0.1, -0.05) is 29.8 Å². The van der Waals surface area contributed by atoms with E-state index < -0.39 is 11.7 Å². The molecule has 118 valence electrons. The molecule has 0 atom stereocenters. The minimum atomic E-state index is -0.425. The second kappa shape index (κ2) is 6.65. The first-order valence-corrected chi connectivity index (χ1v) is 7.81. The lowest BCUT2D eigenvalue weighted by Crippen LogP contribution is -2.30. The van der Waals surface area contributed by atoms with Gasteiger partial charge >= 0.3 is 0 Å². The molecule has 2 aromatic rings. The predicted octanol–water partition coefficient (Wildman–Crippen LogP) is 3.38. The van der Waals surface area contributed by atoms with Crippen molar-refractivity contribution in [1.29, 1.82) is 0 Å². The van der Waals surface area contributed by atoms with Crippen LogP contribution >= 0.6 is 0 Å². The van der Waals surface area contributed by atoms with E-state index in [1.165, 1.54) is 5.56 Å². The predicted molar refractivity (Wildman–Crippen MR) is 89.0 cm³/mol. The summed E-state index contributed by atoms with van der Waals surface area (Å²) in [6.07, 6.45) is 1.62. The van der Waals surface area contributed by atoms with Crippen LogP contribution in [-0.4, -0.2) is 24.8 Å². The van der Waals surface area contributed by atoms with Crippen molar-refractivity contribution in [3.05, 3.63) is 59.7 Å². The minimum absolute atomic E-state index is 0.406. The van der Waals surface area contributed by atoms with Crippen LogP contribution in [0.1, 0.15) is 28.8 Å². The number of benzene rings is 2. The fourth-order valence-corrected chi connectivity index (χ4v) is 2.67. The molecule has 4 nitrogen and oxygen atoms in total. The first kappa shape index (κ1) is 15.3. The third-order valence-corrected chi connectivity index (χ3v) is 3.94. The number of ether oxygens (including phenoxy) is 1. The van der Waals surface area contributed by atoms with E-state index >= 15 is 0 Å². The Bertz CT molecular complexity index is 722. The number of rotatable bonds is 6. The number of carbonyl (C=O) groups is 2. The molecule has 1 amide bonds. The lowest BCUT2D eigenvalue weighted by Gasteiger charge is -2.16. The molecule has 1 aliphatic rings. The number of aryl methyl sites for hydroxylation is 1. The van der Waals surface area contributed by atoms with Crippen LogP contribution in [0.15, 0.2) is 48.5 Å². The van der Waals surface area contributed by atoms with E-state index in [2.05, 4.69) is 0 Å². The number of para-hydroxylation sites is 1. The maximum Gasteiger partial charge on any atom is 0.299 e. The highest BCUT2D eigenvalue weighted by molar-refractivity contribution is 6.52. The van der Waals surface area contributed by atoms with Crippen LogP contribution in [0.5, 0.6) is 5.75 Å². The SMILES string of the molecule is Cc1ccc(OCCCCN2C(=O)C(=O)c3ccccc32)cc1. The van der Waals surface area contributed by atoms with Crippen LogP contribution in [0.2, 0.25) is 0 Å². The fourth-order valence-electron chi connectivity index (χ4n) is 2.67.